The van der Waals surface area contributed by atoms with Crippen molar-refractivity contribution in [3.05, 3.63) is 29.8 Å². The number of rotatable bonds is 4. The van der Waals surface area contributed by atoms with Crippen LogP contribution in [0, 0.1) is 5.92 Å². The number of hydrogen-bond acceptors (Lipinski definition) is 4. The largest absolute Gasteiger partial charge is 0.462 e. The van der Waals surface area contributed by atoms with E-state index in [-0.39, 0.29) is 30.2 Å². The third-order valence-electron chi connectivity index (χ3n) is 3.37. The molecule has 1 aliphatic rings. The van der Waals surface area contributed by atoms with Crippen LogP contribution in [0.2, 0.25) is 0 Å². The number of halogens is 1. The van der Waals surface area contributed by atoms with Crippen molar-refractivity contribution in [1.82, 2.24) is 5.32 Å². The second-order valence-electron chi connectivity index (χ2n) is 4.81. The van der Waals surface area contributed by atoms with Gasteiger partial charge in [-0.15, -0.1) is 12.4 Å². The Morgan fingerprint density at radius 3 is 2.43 bits per heavy atom. The van der Waals surface area contributed by atoms with E-state index in [4.69, 9.17) is 4.74 Å². The maximum atomic E-state index is 12.1. The fourth-order valence-electron chi connectivity index (χ4n) is 2.23. The zero-order chi connectivity index (χ0) is 14.4. The Balaban J connectivity index is 0.00000220. The molecule has 5 nitrogen and oxygen atoms in total. The van der Waals surface area contributed by atoms with E-state index in [2.05, 4.69) is 10.6 Å². The van der Waals surface area contributed by atoms with Gasteiger partial charge in [0.1, 0.15) is 0 Å². The van der Waals surface area contributed by atoms with Crippen LogP contribution < -0.4 is 10.6 Å². The Morgan fingerprint density at radius 1 is 1.24 bits per heavy atom. The first kappa shape index (κ1) is 17.5. The topological polar surface area (TPSA) is 67.4 Å². The molecule has 0 aromatic heterocycles. The number of anilines is 1. The maximum Gasteiger partial charge on any atom is 0.338 e. The molecule has 0 bridgehead atoms. The summed E-state index contributed by atoms with van der Waals surface area (Å²) in [6.45, 7) is 3.90. The maximum absolute atomic E-state index is 12.1. The second kappa shape index (κ2) is 8.64. The van der Waals surface area contributed by atoms with Crippen molar-refractivity contribution in [2.75, 3.05) is 25.0 Å². The van der Waals surface area contributed by atoms with Crippen LogP contribution in [0.25, 0.3) is 0 Å². The van der Waals surface area contributed by atoms with E-state index in [9.17, 15) is 9.59 Å². The SMILES string of the molecule is CCOC(=O)c1ccc(NC(=O)C2CCNCC2)cc1.Cl. The summed E-state index contributed by atoms with van der Waals surface area (Å²) in [5.41, 5.74) is 1.20. The molecule has 0 spiro atoms. The zero-order valence-corrected chi connectivity index (χ0v) is 12.9. The number of amides is 1. The Labute approximate surface area is 130 Å². The highest BCUT2D eigenvalue weighted by Gasteiger charge is 2.20. The van der Waals surface area contributed by atoms with Crippen LogP contribution in [-0.2, 0) is 9.53 Å². The molecular formula is C15H21ClN2O3. The highest BCUT2D eigenvalue weighted by Crippen LogP contribution is 2.16. The molecule has 1 heterocycles. The van der Waals surface area contributed by atoms with Gasteiger partial charge in [-0.2, -0.15) is 0 Å². The minimum atomic E-state index is -0.344. The van der Waals surface area contributed by atoms with Crippen molar-refractivity contribution in [2.24, 2.45) is 5.92 Å². The standard InChI is InChI=1S/C15H20N2O3.ClH/c1-2-20-15(19)12-3-5-13(6-4-12)17-14(18)11-7-9-16-10-8-11;/h3-6,11,16H,2,7-10H2,1H3,(H,17,18);1H. The van der Waals surface area contributed by atoms with Crippen molar-refractivity contribution in [1.29, 1.82) is 0 Å². The van der Waals surface area contributed by atoms with E-state index in [1.165, 1.54) is 0 Å². The summed E-state index contributed by atoms with van der Waals surface area (Å²) in [4.78, 5) is 23.6. The van der Waals surface area contributed by atoms with E-state index in [0.29, 0.717) is 17.9 Å². The molecule has 6 heteroatoms. The first-order valence-electron chi connectivity index (χ1n) is 6.99. The minimum absolute atomic E-state index is 0. The Kier molecular flexibility index (Phi) is 7.19. The predicted molar refractivity (Wildman–Crippen MR) is 83.9 cm³/mol. The molecule has 2 N–H and O–H groups in total. The molecule has 0 unspecified atom stereocenters. The molecule has 1 fully saturated rings. The van der Waals surface area contributed by atoms with Crippen LogP contribution in [0.5, 0.6) is 0 Å². The van der Waals surface area contributed by atoms with Gasteiger partial charge in [0.25, 0.3) is 0 Å². The number of hydrogen-bond donors (Lipinski definition) is 2. The highest BCUT2D eigenvalue weighted by molar-refractivity contribution is 5.94. The lowest BCUT2D eigenvalue weighted by Gasteiger charge is -2.21. The van der Waals surface area contributed by atoms with E-state index in [1.54, 1.807) is 31.2 Å². The van der Waals surface area contributed by atoms with Gasteiger partial charge in [0, 0.05) is 11.6 Å². The van der Waals surface area contributed by atoms with Crippen LogP contribution in [0.4, 0.5) is 5.69 Å². The number of carbonyl (C=O) groups is 2. The average molecular weight is 313 g/mol. The lowest BCUT2D eigenvalue weighted by atomic mass is 9.97. The number of esters is 1. The summed E-state index contributed by atoms with van der Waals surface area (Å²) in [6, 6.07) is 6.78. The molecule has 0 radical (unpaired) electrons. The summed E-state index contributed by atoms with van der Waals surface area (Å²) in [6.07, 6.45) is 1.74. The van der Waals surface area contributed by atoms with Gasteiger partial charge in [-0.25, -0.2) is 4.79 Å². The fourth-order valence-corrected chi connectivity index (χ4v) is 2.23. The molecule has 0 atom stereocenters. The molecule has 2 rings (SSSR count). The summed E-state index contributed by atoms with van der Waals surface area (Å²) in [5, 5.41) is 6.12. The smallest absolute Gasteiger partial charge is 0.338 e. The molecule has 1 saturated heterocycles. The number of ether oxygens (including phenoxy) is 1. The summed E-state index contributed by atoms with van der Waals surface area (Å²) >= 11 is 0. The van der Waals surface area contributed by atoms with Gasteiger partial charge < -0.3 is 15.4 Å². The van der Waals surface area contributed by atoms with Gasteiger partial charge in [-0.1, -0.05) is 0 Å². The Bertz CT molecular complexity index is 470. The van der Waals surface area contributed by atoms with Crippen LogP contribution in [0.15, 0.2) is 24.3 Å². The number of piperidine rings is 1. The third-order valence-corrected chi connectivity index (χ3v) is 3.37. The Morgan fingerprint density at radius 2 is 1.86 bits per heavy atom. The molecule has 0 aliphatic carbocycles. The first-order valence-corrected chi connectivity index (χ1v) is 6.99. The second-order valence-corrected chi connectivity index (χ2v) is 4.81. The number of benzene rings is 1. The van der Waals surface area contributed by atoms with Gasteiger partial charge in [0.05, 0.1) is 12.2 Å². The van der Waals surface area contributed by atoms with Crippen molar-refractivity contribution in [3.8, 4) is 0 Å². The summed E-state index contributed by atoms with van der Waals surface area (Å²) < 4.78 is 4.91. The normalized spacial score (nSPS) is 14.9. The van der Waals surface area contributed by atoms with E-state index in [1.807, 2.05) is 0 Å². The van der Waals surface area contributed by atoms with Gasteiger partial charge >= 0.3 is 5.97 Å². The third kappa shape index (κ3) is 5.02. The molecule has 116 valence electrons. The van der Waals surface area contributed by atoms with Crippen LogP contribution in [-0.4, -0.2) is 31.6 Å². The molecular weight excluding hydrogens is 292 g/mol. The summed E-state index contributed by atoms with van der Waals surface area (Å²) in [7, 11) is 0. The molecule has 1 amide bonds. The van der Waals surface area contributed by atoms with Crippen molar-refractivity contribution >= 4 is 30.0 Å². The lowest BCUT2D eigenvalue weighted by molar-refractivity contribution is -0.120. The predicted octanol–water partition coefficient (Wildman–Crippen LogP) is 2.22. The van der Waals surface area contributed by atoms with E-state index >= 15 is 0 Å². The van der Waals surface area contributed by atoms with E-state index < -0.39 is 0 Å². The van der Waals surface area contributed by atoms with Crippen LogP contribution >= 0.6 is 12.4 Å². The van der Waals surface area contributed by atoms with Crippen molar-refractivity contribution in [3.63, 3.8) is 0 Å². The molecule has 21 heavy (non-hydrogen) atoms. The highest BCUT2D eigenvalue weighted by atomic mass is 35.5. The fraction of sp³-hybridized carbons (Fsp3) is 0.467. The van der Waals surface area contributed by atoms with E-state index in [0.717, 1.165) is 25.9 Å². The first-order chi connectivity index (χ1) is 9.70. The number of nitrogens with one attached hydrogen (secondary N) is 2. The van der Waals surface area contributed by atoms with Crippen molar-refractivity contribution in [2.45, 2.75) is 19.8 Å². The summed E-state index contributed by atoms with van der Waals surface area (Å²) in [5.74, 6) is -0.222. The van der Waals surface area contributed by atoms with Gasteiger partial charge in [-0.3, -0.25) is 4.79 Å². The molecule has 1 aromatic carbocycles. The Hall–Kier alpha value is -1.59. The van der Waals surface area contributed by atoms with Gasteiger partial charge in [0.15, 0.2) is 0 Å². The quantitative estimate of drug-likeness (QED) is 0.837. The molecule has 0 saturated carbocycles. The lowest BCUT2D eigenvalue weighted by Crippen LogP contribution is -2.34. The van der Waals surface area contributed by atoms with Gasteiger partial charge in [0.2, 0.25) is 5.91 Å². The van der Waals surface area contributed by atoms with Gasteiger partial charge in [-0.05, 0) is 57.1 Å². The average Bonchev–Trinajstić information content (AvgIpc) is 2.49. The molecule has 1 aliphatic heterocycles. The van der Waals surface area contributed by atoms with Crippen molar-refractivity contribution < 1.29 is 14.3 Å². The monoisotopic (exact) mass is 312 g/mol. The molecule has 1 aromatic rings. The van der Waals surface area contributed by atoms with Crippen LogP contribution in [0.3, 0.4) is 0 Å². The zero-order valence-electron chi connectivity index (χ0n) is 12.1. The number of carbonyl (C=O) groups excluding carboxylic acids is 2. The minimum Gasteiger partial charge on any atom is -0.462 e. The van der Waals surface area contributed by atoms with Crippen LogP contribution in [0.1, 0.15) is 30.1 Å².